The van der Waals surface area contributed by atoms with E-state index in [1.807, 2.05) is 0 Å². The monoisotopic (exact) mass is 277 g/mol. The van der Waals surface area contributed by atoms with Gasteiger partial charge in [-0.15, -0.1) is 0 Å². The number of aliphatic carboxylic acids is 1. The molecule has 0 aromatic carbocycles. The first-order valence-corrected chi connectivity index (χ1v) is 5.07. The number of aromatic nitrogens is 1. The molecule has 0 aliphatic heterocycles. The summed E-state index contributed by atoms with van der Waals surface area (Å²) in [5, 5.41) is 9.47. The number of carboxylic acid groups (broad SMARTS) is 1. The van der Waals surface area contributed by atoms with Crippen LogP contribution in [0.1, 0.15) is 19.5 Å². The van der Waals surface area contributed by atoms with E-state index in [-0.39, 0.29) is 0 Å². The quantitative estimate of drug-likeness (QED) is 0.905. The lowest BCUT2D eigenvalue weighted by molar-refractivity contribution is -0.142. The van der Waals surface area contributed by atoms with Gasteiger partial charge < -0.3 is 5.11 Å². The average molecular weight is 279 g/mol. The summed E-state index contributed by atoms with van der Waals surface area (Å²) < 4.78 is 0.609. The third kappa shape index (κ3) is 2.07. The zero-order valence-corrected chi connectivity index (χ0v) is 10.1. The molecule has 0 spiro atoms. The van der Waals surface area contributed by atoms with Crippen molar-refractivity contribution in [3.8, 4) is 0 Å². The van der Waals surface area contributed by atoms with Crippen LogP contribution < -0.4 is 0 Å². The van der Waals surface area contributed by atoms with Gasteiger partial charge in [0.15, 0.2) is 0 Å². The van der Waals surface area contributed by atoms with E-state index >= 15 is 0 Å². The summed E-state index contributed by atoms with van der Waals surface area (Å²) in [6.45, 7) is 3.19. The first kappa shape index (κ1) is 11.5. The predicted molar refractivity (Wildman–Crippen MR) is 57.6 cm³/mol. The Labute approximate surface area is 95.2 Å². The van der Waals surface area contributed by atoms with Crippen molar-refractivity contribution < 1.29 is 9.90 Å². The average Bonchev–Trinajstić information content (AvgIpc) is 2.02. The Morgan fingerprint density at radius 1 is 1.64 bits per heavy atom. The molecule has 1 heterocycles. The lowest BCUT2D eigenvalue weighted by Gasteiger charge is -2.19. The first-order valence-electron chi connectivity index (χ1n) is 3.90. The molecule has 0 unspecified atom stereocenters. The molecular formula is C9H9BrClNO2. The Balaban J connectivity index is 3.26. The second kappa shape index (κ2) is 3.87. The van der Waals surface area contributed by atoms with E-state index < -0.39 is 11.4 Å². The van der Waals surface area contributed by atoms with Crippen molar-refractivity contribution >= 4 is 33.5 Å². The summed E-state index contributed by atoms with van der Waals surface area (Å²) >= 11 is 8.95. The molecule has 0 amide bonds. The van der Waals surface area contributed by atoms with Crippen LogP contribution in [0.4, 0.5) is 0 Å². The number of pyridine rings is 1. The third-order valence-corrected chi connectivity index (χ3v) is 2.75. The molecule has 1 rings (SSSR count). The zero-order chi connectivity index (χ0) is 10.9. The molecule has 76 valence electrons. The normalized spacial score (nSPS) is 11.4. The highest BCUT2D eigenvalue weighted by Crippen LogP contribution is 2.29. The van der Waals surface area contributed by atoms with Crippen molar-refractivity contribution in [3.63, 3.8) is 0 Å². The topological polar surface area (TPSA) is 50.2 Å². The van der Waals surface area contributed by atoms with Gasteiger partial charge >= 0.3 is 5.97 Å². The van der Waals surface area contributed by atoms with Crippen LogP contribution in [0.3, 0.4) is 0 Å². The second-order valence-corrected chi connectivity index (χ2v) is 4.70. The highest BCUT2D eigenvalue weighted by Gasteiger charge is 2.32. The maximum absolute atomic E-state index is 11.0. The first-order chi connectivity index (χ1) is 6.35. The zero-order valence-electron chi connectivity index (χ0n) is 7.71. The Morgan fingerprint density at radius 2 is 2.21 bits per heavy atom. The summed E-state index contributed by atoms with van der Waals surface area (Å²) in [5.41, 5.74) is -0.557. The van der Waals surface area contributed by atoms with Crippen LogP contribution in [-0.4, -0.2) is 16.1 Å². The van der Waals surface area contributed by atoms with Gasteiger partial charge in [0.2, 0.25) is 0 Å². The molecule has 0 saturated heterocycles. The van der Waals surface area contributed by atoms with Gasteiger partial charge in [-0.2, -0.15) is 0 Å². The minimum Gasteiger partial charge on any atom is -0.481 e. The maximum Gasteiger partial charge on any atom is 0.315 e. The van der Waals surface area contributed by atoms with Crippen molar-refractivity contribution in [3.05, 3.63) is 27.5 Å². The SMILES string of the molecule is CC(C)(C(=O)O)c1ncc(Cl)cc1Br. The van der Waals surface area contributed by atoms with E-state index in [4.69, 9.17) is 16.7 Å². The molecule has 3 nitrogen and oxygen atoms in total. The smallest absolute Gasteiger partial charge is 0.315 e. The van der Waals surface area contributed by atoms with Crippen LogP contribution >= 0.6 is 27.5 Å². The van der Waals surface area contributed by atoms with E-state index in [0.29, 0.717) is 15.2 Å². The van der Waals surface area contributed by atoms with Gasteiger partial charge in [-0.05, 0) is 35.8 Å². The Hall–Kier alpha value is -0.610. The summed E-state index contributed by atoms with van der Waals surface area (Å²) in [4.78, 5) is 15.0. The molecule has 5 heteroatoms. The summed E-state index contributed by atoms with van der Waals surface area (Å²) in [6, 6.07) is 1.63. The van der Waals surface area contributed by atoms with Gasteiger partial charge in [0, 0.05) is 10.7 Å². The molecule has 1 aromatic heterocycles. The van der Waals surface area contributed by atoms with Gasteiger partial charge in [0.1, 0.15) is 5.41 Å². The largest absolute Gasteiger partial charge is 0.481 e. The van der Waals surface area contributed by atoms with Crippen LogP contribution in [0.15, 0.2) is 16.7 Å². The molecule has 1 aromatic rings. The molecule has 0 radical (unpaired) electrons. The van der Waals surface area contributed by atoms with Gasteiger partial charge in [-0.1, -0.05) is 11.6 Å². The second-order valence-electron chi connectivity index (χ2n) is 3.41. The number of carboxylic acids is 1. The maximum atomic E-state index is 11.0. The van der Waals surface area contributed by atoms with Gasteiger partial charge in [0.05, 0.1) is 10.7 Å². The van der Waals surface area contributed by atoms with E-state index in [1.165, 1.54) is 6.20 Å². The van der Waals surface area contributed by atoms with Crippen molar-refractivity contribution in [2.75, 3.05) is 0 Å². The third-order valence-electron chi connectivity index (χ3n) is 1.93. The minimum atomic E-state index is -1.02. The van der Waals surface area contributed by atoms with Crippen molar-refractivity contribution in [2.24, 2.45) is 0 Å². The van der Waals surface area contributed by atoms with Crippen LogP contribution in [0.25, 0.3) is 0 Å². The fourth-order valence-corrected chi connectivity index (χ4v) is 2.11. The van der Waals surface area contributed by atoms with Crippen molar-refractivity contribution in [1.82, 2.24) is 4.98 Å². The van der Waals surface area contributed by atoms with E-state index in [2.05, 4.69) is 20.9 Å². The predicted octanol–water partition coefficient (Wildman–Crippen LogP) is 2.86. The molecule has 0 fully saturated rings. The summed E-state index contributed by atoms with van der Waals surface area (Å²) in [5.74, 6) is -0.923. The Kier molecular flexibility index (Phi) is 3.17. The fraction of sp³-hybridized carbons (Fsp3) is 0.333. The number of hydrogen-bond acceptors (Lipinski definition) is 2. The number of carbonyl (C=O) groups is 1. The molecule has 0 bridgehead atoms. The van der Waals surface area contributed by atoms with Crippen LogP contribution in [-0.2, 0) is 10.2 Å². The number of hydrogen-bond donors (Lipinski definition) is 1. The van der Waals surface area contributed by atoms with Gasteiger partial charge in [0.25, 0.3) is 0 Å². The molecule has 0 aliphatic carbocycles. The van der Waals surface area contributed by atoms with Crippen LogP contribution in [0.5, 0.6) is 0 Å². The summed E-state index contributed by atoms with van der Waals surface area (Å²) in [6.07, 6.45) is 1.44. The van der Waals surface area contributed by atoms with Crippen LogP contribution in [0.2, 0.25) is 5.02 Å². The van der Waals surface area contributed by atoms with Crippen molar-refractivity contribution in [2.45, 2.75) is 19.3 Å². The van der Waals surface area contributed by atoms with Gasteiger partial charge in [-0.25, -0.2) is 0 Å². The number of nitrogens with zero attached hydrogens (tertiary/aromatic N) is 1. The molecule has 0 saturated carbocycles. The van der Waals surface area contributed by atoms with E-state index in [9.17, 15) is 4.79 Å². The lowest BCUT2D eigenvalue weighted by atomic mass is 9.89. The summed E-state index contributed by atoms with van der Waals surface area (Å²) in [7, 11) is 0. The minimum absolute atomic E-state index is 0.467. The van der Waals surface area contributed by atoms with Crippen molar-refractivity contribution in [1.29, 1.82) is 0 Å². The molecule has 1 N–H and O–H groups in total. The van der Waals surface area contributed by atoms with Gasteiger partial charge in [-0.3, -0.25) is 9.78 Å². The van der Waals surface area contributed by atoms with Crippen LogP contribution in [0, 0.1) is 0 Å². The number of halogens is 2. The number of rotatable bonds is 2. The van der Waals surface area contributed by atoms with E-state index in [0.717, 1.165) is 0 Å². The molecular weight excluding hydrogens is 269 g/mol. The lowest BCUT2D eigenvalue weighted by Crippen LogP contribution is -2.30. The highest BCUT2D eigenvalue weighted by molar-refractivity contribution is 9.10. The molecule has 0 aliphatic rings. The Morgan fingerprint density at radius 3 is 2.64 bits per heavy atom. The Bertz CT molecular complexity index is 379. The molecule has 14 heavy (non-hydrogen) atoms. The standard InChI is InChI=1S/C9H9BrClNO2/c1-9(2,8(13)14)7-6(10)3-5(11)4-12-7/h3-4H,1-2H3,(H,13,14). The molecule has 0 atom stereocenters. The highest BCUT2D eigenvalue weighted by atomic mass is 79.9. The van der Waals surface area contributed by atoms with E-state index in [1.54, 1.807) is 19.9 Å². The fourth-order valence-electron chi connectivity index (χ4n) is 0.976.